The SMILES string of the molecule is CC/C=C\C/C=C\C/C=C\CCCCCCCC(=O)OC[C@H](COP(=O)(O)OC[C@@H](O)CO)OC(=O)CC/C=C\C/C=C\C/C=C\C/C=C\C/C=C\CCCCC. The predicted octanol–water partition coefficient (Wildman–Crippen LogP) is 11.2. The second-order valence-corrected chi connectivity index (χ2v) is 15.1. The average Bonchev–Trinajstić information content (AvgIpc) is 3.20. The monoisotopic (exact) mass is 819 g/mol. The van der Waals surface area contributed by atoms with Gasteiger partial charge in [0.1, 0.15) is 12.7 Å². The number of carbonyl (C=O) groups is 2. The van der Waals surface area contributed by atoms with Gasteiger partial charge in [0, 0.05) is 12.8 Å². The molecule has 3 N–H and O–H groups in total. The summed E-state index contributed by atoms with van der Waals surface area (Å²) in [6.45, 7) is 2.11. The fourth-order valence-corrected chi connectivity index (χ4v) is 5.78. The molecule has 57 heavy (non-hydrogen) atoms. The molecular weight excluding hydrogens is 743 g/mol. The van der Waals surface area contributed by atoms with Crippen molar-refractivity contribution >= 4 is 19.8 Å². The Hall–Kier alpha value is -3.11. The van der Waals surface area contributed by atoms with E-state index in [2.05, 4.69) is 103 Å². The first-order chi connectivity index (χ1) is 27.7. The van der Waals surface area contributed by atoms with E-state index in [1.165, 1.54) is 25.7 Å². The van der Waals surface area contributed by atoms with Crippen molar-refractivity contribution in [2.24, 2.45) is 0 Å². The molecule has 11 heteroatoms. The number of hydrogen-bond acceptors (Lipinski definition) is 9. The standard InChI is InChI=1S/C46H75O10P/c1-3-5-7-9-11-13-15-17-19-20-21-22-24-26-28-30-32-34-36-38-46(50)56-44(42-55-57(51,52)54-40-43(48)39-47)41-53-45(49)37-35-33-31-29-27-25-23-18-16-14-12-10-8-6-4-2/h6,8,11-14,17-19,21-23,26,28,32,34,43-44,47-48H,3-5,7,9-10,15-16,20,24-25,27,29-31,33,35-42H2,1-2H3,(H,51,52)/b8-6-,13-11-,14-12-,19-17-,22-21-,23-18-,28-26-,34-32-/t43-,44+/m0/s1. The van der Waals surface area contributed by atoms with Crippen LogP contribution in [0.25, 0.3) is 0 Å². The molecule has 0 rings (SSSR count). The number of aliphatic hydroxyl groups excluding tert-OH is 2. The largest absolute Gasteiger partial charge is 0.472 e. The molecule has 1 unspecified atom stereocenters. The molecular formula is C46H75O10P. The zero-order chi connectivity index (χ0) is 41.9. The smallest absolute Gasteiger partial charge is 0.462 e. The molecule has 0 saturated heterocycles. The van der Waals surface area contributed by atoms with Crippen LogP contribution in [-0.2, 0) is 32.7 Å². The Balaban J connectivity index is 4.49. The highest BCUT2D eigenvalue weighted by atomic mass is 31.2. The number of aliphatic hydroxyl groups is 2. The number of esters is 2. The number of allylic oxidation sites excluding steroid dienone is 16. The highest BCUT2D eigenvalue weighted by molar-refractivity contribution is 7.47. The van der Waals surface area contributed by atoms with E-state index in [1.807, 2.05) is 12.2 Å². The summed E-state index contributed by atoms with van der Waals surface area (Å²) in [5, 5.41) is 18.3. The van der Waals surface area contributed by atoms with E-state index in [-0.39, 0.29) is 19.4 Å². The molecule has 3 atom stereocenters. The molecule has 0 aliphatic rings. The molecule has 0 amide bonds. The second kappa shape index (κ2) is 41.1. The van der Waals surface area contributed by atoms with Gasteiger partial charge >= 0.3 is 19.8 Å². The van der Waals surface area contributed by atoms with E-state index in [9.17, 15) is 24.2 Å². The van der Waals surface area contributed by atoms with Crippen molar-refractivity contribution in [1.29, 1.82) is 0 Å². The summed E-state index contributed by atoms with van der Waals surface area (Å²) < 4.78 is 32.6. The van der Waals surface area contributed by atoms with Crippen molar-refractivity contribution in [3.63, 3.8) is 0 Å². The number of ether oxygens (including phenoxy) is 2. The van der Waals surface area contributed by atoms with E-state index in [0.717, 1.165) is 77.0 Å². The van der Waals surface area contributed by atoms with Crippen LogP contribution >= 0.6 is 7.82 Å². The topological polar surface area (TPSA) is 149 Å². The van der Waals surface area contributed by atoms with Gasteiger partial charge in [0.2, 0.25) is 0 Å². The van der Waals surface area contributed by atoms with Gasteiger partial charge in [-0.2, -0.15) is 0 Å². The minimum Gasteiger partial charge on any atom is -0.462 e. The van der Waals surface area contributed by atoms with Gasteiger partial charge in [-0.1, -0.05) is 143 Å². The fraction of sp³-hybridized carbons (Fsp3) is 0.609. The van der Waals surface area contributed by atoms with Crippen LogP contribution in [0.3, 0.4) is 0 Å². The normalized spacial score (nSPS) is 14.8. The van der Waals surface area contributed by atoms with Crippen LogP contribution in [0.1, 0.15) is 142 Å². The molecule has 0 fully saturated rings. The maximum atomic E-state index is 12.6. The average molecular weight is 819 g/mol. The molecule has 0 aliphatic heterocycles. The van der Waals surface area contributed by atoms with E-state index in [0.29, 0.717) is 12.8 Å². The molecule has 0 aromatic rings. The molecule has 0 bridgehead atoms. The van der Waals surface area contributed by atoms with Crippen LogP contribution in [-0.4, -0.2) is 65.7 Å². The highest BCUT2D eigenvalue weighted by Crippen LogP contribution is 2.43. The summed E-state index contributed by atoms with van der Waals surface area (Å²) in [6.07, 6.45) is 49.6. The lowest BCUT2D eigenvalue weighted by atomic mass is 10.1. The van der Waals surface area contributed by atoms with E-state index >= 15 is 0 Å². The maximum Gasteiger partial charge on any atom is 0.472 e. The van der Waals surface area contributed by atoms with Crippen LogP contribution < -0.4 is 0 Å². The highest BCUT2D eigenvalue weighted by Gasteiger charge is 2.27. The van der Waals surface area contributed by atoms with Gasteiger partial charge in [0.25, 0.3) is 0 Å². The summed E-state index contributed by atoms with van der Waals surface area (Å²) in [7, 11) is -4.65. The maximum absolute atomic E-state index is 12.6. The van der Waals surface area contributed by atoms with Gasteiger partial charge in [-0.25, -0.2) is 4.57 Å². The van der Waals surface area contributed by atoms with Gasteiger partial charge in [-0.3, -0.25) is 18.6 Å². The Morgan fingerprint density at radius 1 is 0.544 bits per heavy atom. The summed E-state index contributed by atoms with van der Waals surface area (Å²) >= 11 is 0. The van der Waals surface area contributed by atoms with Crippen LogP contribution in [0.2, 0.25) is 0 Å². The molecule has 0 aromatic carbocycles. The summed E-state index contributed by atoms with van der Waals surface area (Å²) in [5.41, 5.74) is 0. The molecule has 0 aliphatic carbocycles. The van der Waals surface area contributed by atoms with Crippen molar-refractivity contribution < 1.29 is 47.8 Å². The number of rotatable bonds is 38. The number of hydrogen-bond donors (Lipinski definition) is 3. The predicted molar refractivity (Wildman–Crippen MR) is 232 cm³/mol. The Bertz CT molecular complexity index is 1260. The Kier molecular flexibility index (Phi) is 38.8. The summed E-state index contributed by atoms with van der Waals surface area (Å²) in [5.74, 6) is -1.05. The third kappa shape index (κ3) is 40.9. The molecule has 10 nitrogen and oxygen atoms in total. The lowest BCUT2D eigenvalue weighted by molar-refractivity contribution is -0.161. The first kappa shape index (κ1) is 53.9. The Morgan fingerprint density at radius 2 is 1.00 bits per heavy atom. The van der Waals surface area contributed by atoms with Gasteiger partial charge in [0.05, 0.1) is 19.8 Å². The van der Waals surface area contributed by atoms with Gasteiger partial charge in [-0.05, 0) is 83.5 Å². The molecule has 0 radical (unpaired) electrons. The van der Waals surface area contributed by atoms with E-state index in [4.69, 9.17) is 19.1 Å². The second-order valence-electron chi connectivity index (χ2n) is 13.6. The van der Waals surface area contributed by atoms with E-state index in [1.54, 1.807) is 0 Å². The number of carbonyl (C=O) groups excluding carboxylic acids is 2. The van der Waals surface area contributed by atoms with Crippen molar-refractivity contribution in [3.05, 3.63) is 97.2 Å². The van der Waals surface area contributed by atoms with Gasteiger partial charge < -0.3 is 24.6 Å². The van der Waals surface area contributed by atoms with Crippen LogP contribution in [0.15, 0.2) is 97.2 Å². The number of phosphoric ester groups is 1. The number of phosphoric acid groups is 1. The van der Waals surface area contributed by atoms with Crippen molar-refractivity contribution in [1.82, 2.24) is 0 Å². The molecule has 0 spiro atoms. The summed E-state index contributed by atoms with van der Waals surface area (Å²) in [4.78, 5) is 34.9. The first-order valence-electron chi connectivity index (χ1n) is 21.2. The molecule has 0 saturated carbocycles. The first-order valence-corrected chi connectivity index (χ1v) is 22.7. The van der Waals surface area contributed by atoms with Gasteiger partial charge in [0.15, 0.2) is 6.10 Å². The van der Waals surface area contributed by atoms with Crippen molar-refractivity contribution in [2.75, 3.05) is 26.4 Å². The summed E-state index contributed by atoms with van der Waals surface area (Å²) in [6, 6.07) is 0. The van der Waals surface area contributed by atoms with Crippen LogP contribution in [0, 0.1) is 0 Å². The van der Waals surface area contributed by atoms with Crippen molar-refractivity contribution in [3.8, 4) is 0 Å². The molecule has 0 aromatic heterocycles. The van der Waals surface area contributed by atoms with E-state index < -0.39 is 51.8 Å². The third-order valence-corrected chi connectivity index (χ3v) is 9.19. The van der Waals surface area contributed by atoms with Gasteiger partial charge in [-0.15, -0.1) is 0 Å². The van der Waals surface area contributed by atoms with Crippen LogP contribution in [0.5, 0.6) is 0 Å². The fourth-order valence-electron chi connectivity index (χ4n) is 4.99. The quantitative estimate of drug-likeness (QED) is 0.0238. The zero-order valence-electron chi connectivity index (χ0n) is 35.0. The van der Waals surface area contributed by atoms with Crippen molar-refractivity contribution in [2.45, 2.75) is 154 Å². The molecule has 0 heterocycles. The lowest BCUT2D eigenvalue weighted by Gasteiger charge is -2.20. The minimum absolute atomic E-state index is 0.0509. The molecule has 324 valence electrons. The lowest BCUT2D eigenvalue weighted by Crippen LogP contribution is -2.29. The zero-order valence-corrected chi connectivity index (χ0v) is 35.9. The Morgan fingerprint density at radius 3 is 1.53 bits per heavy atom. The minimum atomic E-state index is -4.65. The Labute approximate surface area is 344 Å². The number of unbranched alkanes of at least 4 members (excludes halogenated alkanes) is 8. The third-order valence-electron chi connectivity index (χ3n) is 8.24. The van der Waals surface area contributed by atoms with Crippen LogP contribution in [0.4, 0.5) is 0 Å².